The lowest BCUT2D eigenvalue weighted by Gasteiger charge is -2.27. The number of alkyl halides is 6. The summed E-state index contributed by atoms with van der Waals surface area (Å²) in [5.74, 6) is -4.40. The van der Waals surface area contributed by atoms with Crippen molar-refractivity contribution in [2.45, 2.75) is 37.5 Å². The number of fused-ring (bicyclic) bond motifs is 3. The topological polar surface area (TPSA) is 69.5 Å². The number of likely N-dealkylation sites (tertiary alicyclic amines) is 1. The Bertz CT molecular complexity index is 1140. The molecule has 2 N–H and O–H groups in total. The van der Waals surface area contributed by atoms with Crippen LogP contribution in [0, 0.1) is 0 Å². The SMILES string of the molecule is OC(O)(c1cc2c(C(F)(F)F)c(CN3CCCC3)cnc2c2cccnc12)C(F)(F)F. The molecule has 4 rings (SSSR count). The number of nitrogens with zero attached hydrogens (tertiary/aromatic N) is 3. The van der Waals surface area contributed by atoms with Gasteiger partial charge in [-0.15, -0.1) is 0 Å². The fraction of sp³-hybridized carbons (Fsp3) is 0.400. The summed E-state index contributed by atoms with van der Waals surface area (Å²) in [5, 5.41) is 18.9. The van der Waals surface area contributed by atoms with E-state index in [9.17, 15) is 36.6 Å². The molecule has 0 spiro atoms. The summed E-state index contributed by atoms with van der Waals surface area (Å²) in [5.41, 5.74) is -3.24. The molecule has 3 aromatic rings. The normalized spacial score (nSPS) is 16.5. The summed E-state index contributed by atoms with van der Waals surface area (Å²) < 4.78 is 82.4. The molecule has 0 bridgehead atoms. The first-order chi connectivity index (χ1) is 14.4. The van der Waals surface area contributed by atoms with Gasteiger partial charge in [-0.3, -0.25) is 14.9 Å². The van der Waals surface area contributed by atoms with E-state index in [4.69, 9.17) is 0 Å². The molecular formula is C20H17F6N3O2. The quantitative estimate of drug-likeness (QED) is 0.361. The van der Waals surface area contributed by atoms with Crippen molar-refractivity contribution in [3.8, 4) is 0 Å². The van der Waals surface area contributed by atoms with Crippen molar-refractivity contribution in [3.63, 3.8) is 0 Å². The van der Waals surface area contributed by atoms with Gasteiger partial charge < -0.3 is 10.2 Å². The fourth-order valence-corrected chi connectivity index (χ4v) is 4.00. The van der Waals surface area contributed by atoms with Crippen LogP contribution in [0.2, 0.25) is 0 Å². The summed E-state index contributed by atoms with van der Waals surface area (Å²) in [4.78, 5) is 9.66. The Labute approximate surface area is 171 Å². The first kappa shape index (κ1) is 21.7. The highest BCUT2D eigenvalue weighted by Gasteiger charge is 2.55. The molecule has 5 nitrogen and oxygen atoms in total. The molecule has 0 unspecified atom stereocenters. The minimum absolute atomic E-state index is 0.0686. The molecular weight excluding hydrogens is 428 g/mol. The van der Waals surface area contributed by atoms with Gasteiger partial charge in [-0.25, -0.2) is 0 Å². The Morgan fingerprint density at radius 2 is 1.61 bits per heavy atom. The van der Waals surface area contributed by atoms with Crippen molar-refractivity contribution in [2.24, 2.45) is 0 Å². The van der Waals surface area contributed by atoms with Crippen LogP contribution in [-0.4, -0.2) is 44.3 Å². The van der Waals surface area contributed by atoms with E-state index in [0.717, 1.165) is 25.2 Å². The highest BCUT2D eigenvalue weighted by atomic mass is 19.4. The minimum atomic E-state index is -5.57. The molecule has 1 aliphatic rings. The maximum absolute atomic E-state index is 14.1. The lowest BCUT2D eigenvalue weighted by atomic mass is 9.94. The number of benzene rings is 1. The van der Waals surface area contributed by atoms with Gasteiger partial charge >= 0.3 is 12.4 Å². The maximum atomic E-state index is 14.1. The van der Waals surface area contributed by atoms with Gasteiger partial charge in [-0.2, -0.15) is 26.3 Å². The van der Waals surface area contributed by atoms with E-state index in [1.54, 1.807) is 4.90 Å². The van der Waals surface area contributed by atoms with Gasteiger partial charge in [0, 0.05) is 35.3 Å². The van der Waals surface area contributed by atoms with Crippen LogP contribution in [0.5, 0.6) is 0 Å². The van der Waals surface area contributed by atoms with Crippen LogP contribution in [0.15, 0.2) is 30.6 Å². The van der Waals surface area contributed by atoms with Crippen LogP contribution >= 0.6 is 0 Å². The van der Waals surface area contributed by atoms with Crippen LogP contribution in [0.1, 0.15) is 29.5 Å². The van der Waals surface area contributed by atoms with Crippen molar-refractivity contribution >= 4 is 21.8 Å². The Morgan fingerprint density at radius 3 is 2.23 bits per heavy atom. The van der Waals surface area contributed by atoms with Crippen LogP contribution in [-0.2, 0) is 18.5 Å². The van der Waals surface area contributed by atoms with Gasteiger partial charge in [0.1, 0.15) is 0 Å². The van der Waals surface area contributed by atoms with E-state index in [1.807, 2.05) is 0 Å². The second-order valence-electron chi connectivity index (χ2n) is 7.53. The van der Waals surface area contributed by atoms with Gasteiger partial charge in [0.05, 0.1) is 16.6 Å². The molecule has 31 heavy (non-hydrogen) atoms. The highest BCUT2D eigenvalue weighted by Crippen LogP contribution is 2.44. The van der Waals surface area contributed by atoms with E-state index in [-0.39, 0.29) is 23.0 Å². The Hall–Kier alpha value is -2.50. The second kappa shape index (κ2) is 7.28. The molecule has 1 saturated heterocycles. The Balaban J connectivity index is 2.07. The van der Waals surface area contributed by atoms with Gasteiger partial charge in [-0.05, 0) is 49.7 Å². The Morgan fingerprint density at radius 1 is 0.935 bits per heavy atom. The number of rotatable bonds is 3. The van der Waals surface area contributed by atoms with E-state index >= 15 is 0 Å². The predicted octanol–water partition coefficient (Wildman–Crippen LogP) is 4.10. The molecule has 1 aromatic carbocycles. The maximum Gasteiger partial charge on any atom is 0.447 e. The van der Waals surface area contributed by atoms with Crippen molar-refractivity contribution in [3.05, 3.63) is 47.3 Å². The van der Waals surface area contributed by atoms with Crippen molar-refractivity contribution in [1.29, 1.82) is 0 Å². The smallest absolute Gasteiger partial charge is 0.355 e. The van der Waals surface area contributed by atoms with Gasteiger partial charge in [0.2, 0.25) is 0 Å². The van der Waals surface area contributed by atoms with Crippen molar-refractivity contribution < 1.29 is 36.6 Å². The Kier molecular flexibility index (Phi) is 5.10. The summed E-state index contributed by atoms with van der Waals surface area (Å²) in [6.45, 7) is 1.14. The lowest BCUT2D eigenvalue weighted by molar-refractivity contribution is -0.357. The van der Waals surface area contributed by atoms with Crippen LogP contribution < -0.4 is 0 Å². The molecule has 0 atom stereocenters. The van der Waals surface area contributed by atoms with Crippen molar-refractivity contribution in [1.82, 2.24) is 14.9 Å². The number of hydrogen-bond donors (Lipinski definition) is 2. The number of aliphatic hydroxyl groups is 2. The number of pyridine rings is 2. The third kappa shape index (κ3) is 3.70. The molecule has 166 valence electrons. The summed E-state index contributed by atoms with van der Waals surface area (Å²) >= 11 is 0. The molecule has 1 fully saturated rings. The van der Waals surface area contributed by atoms with Gasteiger partial charge in [-0.1, -0.05) is 0 Å². The third-order valence-corrected chi connectivity index (χ3v) is 5.45. The number of halogens is 6. The standard InChI is InChI=1S/C20H17F6N3O2/c21-19(22,23)15-11(10-29-6-1-2-7-29)9-28-16-12-4-3-5-27-17(12)14(8-13(15)16)18(30,31)20(24,25)26/h3-5,8-9,30-31H,1-2,6-7,10H2. The lowest BCUT2D eigenvalue weighted by Crippen LogP contribution is -2.42. The van der Waals surface area contributed by atoms with Crippen LogP contribution in [0.3, 0.4) is 0 Å². The summed E-state index contributed by atoms with van der Waals surface area (Å²) in [7, 11) is 0. The highest BCUT2D eigenvalue weighted by molar-refractivity contribution is 6.07. The number of aromatic nitrogens is 2. The van der Waals surface area contributed by atoms with Gasteiger partial charge in [0.15, 0.2) is 0 Å². The zero-order valence-electron chi connectivity index (χ0n) is 15.9. The molecule has 0 radical (unpaired) electrons. The van der Waals surface area contributed by atoms with E-state index in [1.165, 1.54) is 12.1 Å². The molecule has 0 amide bonds. The van der Waals surface area contributed by atoms with E-state index < -0.39 is 40.2 Å². The largest absolute Gasteiger partial charge is 0.447 e. The summed E-state index contributed by atoms with van der Waals surface area (Å²) in [6.07, 6.45) is -6.61. The zero-order chi connectivity index (χ0) is 22.6. The summed E-state index contributed by atoms with van der Waals surface area (Å²) in [6, 6.07) is 3.05. The third-order valence-electron chi connectivity index (χ3n) is 5.45. The second-order valence-corrected chi connectivity index (χ2v) is 7.53. The molecule has 0 saturated carbocycles. The van der Waals surface area contributed by atoms with E-state index in [0.29, 0.717) is 19.2 Å². The number of hydrogen-bond acceptors (Lipinski definition) is 5. The van der Waals surface area contributed by atoms with Gasteiger partial charge in [0.25, 0.3) is 5.79 Å². The fourth-order valence-electron chi connectivity index (χ4n) is 4.00. The minimum Gasteiger partial charge on any atom is -0.355 e. The zero-order valence-corrected chi connectivity index (χ0v) is 15.9. The molecule has 11 heteroatoms. The average molecular weight is 445 g/mol. The first-order valence-corrected chi connectivity index (χ1v) is 9.42. The molecule has 1 aliphatic heterocycles. The van der Waals surface area contributed by atoms with Crippen LogP contribution in [0.4, 0.5) is 26.3 Å². The average Bonchev–Trinajstić information content (AvgIpc) is 3.18. The molecule has 3 heterocycles. The van der Waals surface area contributed by atoms with Crippen LogP contribution in [0.25, 0.3) is 21.8 Å². The molecule has 2 aromatic heterocycles. The molecule has 0 aliphatic carbocycles. The monoisotopic (exact) mass is 445 g/mol. The predicted molar refractivity (Wildman–Crippen MR) is 98.7 cm³/mol. The first-order valence-electron chi connectivity index (χ1n) is 9.42. The van der Waals surface area contributed by atoms with Crippen molar-refractivity contribution in [2.75, 3.05) is 13.1 Å². The van der Waals surface area contributed by atoms with E-state index in [2.05, 4.69) is 9.97 Å².